The number of aromatic nitrogens is 2. The summed E-state index contributed by atoms with van der Waals surface area (Å²) in [6, 6.07) is 14.0. The van der Waals surface area contributed by atoms with Crippen LogP contribution in [0.3, 0.4) is 0 Å². The van der Waals surface area contributed by atoms with Gasteiger partial charge in [-0.1, -0.05) is 18.2 Å². The predicted molar refractivity (Wildman–Crippen MR) is 95.4 cm³/mol. The van der Waals surface area contributed by atoms with Crippen LogP contribution in [0.4, 0.5) is 0 Å². The minimum atomic E-state index is 0.171. The summed E-state index contributed by atoms with van der Waals surface area (Å²) in [4.78, 5) is 22.5. The molecule has 1 aromatic carbocycles. The molecule has 0 aliphatic carbocycles. The molecule has 24 heavy (non-hydrogen) atoms. The summed E-state index contributed by atoms with van der Waals surface area (Å²) in [6.45, 7) is 0.608. The molecule has 1 amide bonds. The first kappa shape index (κ1) is 16.1. The van der Waals surface area contributed by atoms with Gasteiger partial charge in [-0.25, -0.2) is 0 Å². The number of aryl methyl sites for hydroxylation is 1. The van der Waals surface area contributed by atoms with Crippen molar-refractivity contribution in [2.45, 2.75) is 25.8 Å². The van der Waals surface area contributed by atoms with E-state index in [9.17, 15) is 4.79 Å². The maximum Gasteiger partial charge on any atom is 0.222 e. The number of pyridine rings is 2. The van der Waals surface area contributed by atoms with Gasteiger partial charge in [0.2, 0.25) is 5.91 Å². The van der Waals surface area contributed by atoms with E-state index in [1.165, 1.54) is 5.56 Å². The lowest BCUT2D eigenvalue weighted by molar-refractivity contribution is -0.130. The number of rotatable bonds is 6. The molecule has 3 aromatic rings. The second-order valence-electron chi connectivity index (χ2n) is 5.95. The van der Waals surface area contributed by atoms with Crippen molar-refractivity contribution in [3.63, 3.8) is 0 Å². The van der Waals surface area contributed by atoms with Crippen molar-refractivity contribution < 1.29 is 4.79 Å². The third kappa shape index (κ3) is 3.96. The molecule has 0 atom stereocenters. The number of benzene rings is 1. The van der Waals surface area contributed by atoms with E-state index in [0.29, 0.717) is 13.0 Å². The lowest BCUT2D eigenvalue weighted by Gasteiger charge is -2.18. The number of fused-ring (bicyclic) bond motifs is 1. The number of amides is 1. The zero-order valence-electron chi connectivity index (χ0n) is 13.9. The van der Waals surface area contributed by atoms with E-state index in [1.54, 1.807) is 23.5 Å². The van der Waals surface area contributed by atoms with Crippen molar-refractivity contribution in [3.05, 3.63) is 72.2 Å². The Morgan fingerprint density at radius 2 is 1.88 bits per heavy atom. The topological polar surface area (TPSA) is 46.1 Å². The molecule has 0 unspecified atom stereocenters. The van der Waals surface area contributed by atoms with Gasteiger partial charge in [0.05, 0.1) is 5.52 Å². The van der Waals surface area contributed by atoms with E-state index in [-0.39, 0.29) is 5.91 Å². The number of carbonyl (C=O) groups is 1. The first-order valence-corrected chi connectivity index (χ1v) is 8.19. The number of carbonyl (C=O) groups excluding carboxylic acids is 1. The predicted octanol–water partition coefficient (Wildman–Crippen LogP) is 3.61. The van der Waals surface area contributed by atoms with Crippen LogP contribution in [0.15, 0.2) is 61.1 Å². The first-order chi connectivity index (χ1) is 11.7. The normalized spacial score (nSPS) is 10.7. The zero-order chi connectivity index (χ0) is 16.8. The summed E-state index contributed by atoms with van der Waals surface area (Å²) in [5.74, 6) is 0.171. The quantitative estimate of drug-likeness (QED) is 0.697. The Bertz CT molecular complexity index is 812. The van der Waals surface area contributed by atoms with Crippen molar-refractivity contribution >= 4 is 16.8 Å². The van der Waals surface area contributed by atoms with Crippen LogP contribution in [0, 0.1) is 0 Å². The van der Waals surface area contributed by atoms with Crippen LogP contribution in [0.1, 0.15) is 24.0 Å². The smallest absolute Gasteiger partial charge is 0.222 e. The van der Waals surface area contributed by atoms with Crippen molar-refractivity contribution in [2.75, 3.05) is 7.05 Å². The van der Waals surface area contributed by atoms with Crippen LogP contribution in [0.2, 0.25) is 0 Å². The minimum Gasteiger partial charge on any atom is -0.341 e. The molecule has 0 saturated carbocycles. The molecule has 0 spiro atoms. The summed E-state index contributed by atoms with van der Waals surface area (Å²) < 4.78 is 0. The average Bonchev–Trinajstić information content (AvgIpc) is 2.63. The van der Waals surface area contributed by atoms with Gasteiger partial charge in [-0.3, -0.25) is 14.8 Å². The number of nitrogens with zero attached hydrogens (tertiary/aromatic N) is 3. The second-order valence-corrected chi connectivity index (χ2v) is 5.95. The van der Waals surface area contributed by atoms with Crippen LogP contribution < -0.4 is 0 Å². The first-order valence-electron chi connectivity index (χ1n) is 8.19. The highest BCUT2D eigenvalue weighted by Gasteiger charge is 2.11. The number of hydrogen-bond donors (Lipinski definition) is 0. The Morgan fingerprint density at radius 1 is 1.04 bits per heavy atom. The van der Waals surface area contributed by atoms with Gasteiger partial charge >= 0.3 is 0 Å². The van der Waals surface area contributed by atoms with Crippen molar-refractivity contribution in [2.24, 2.45) is 0 Å². The summed E-state index contributed by atoms with van der Waals surface area (Å²) in [5, 5.41) is 1.11. The van der Waals surface area contributed by atoms with Gasteiger partial charge in [0.25, 0.3) is 0 Å². The maximum atomic E-state index is 12.4. The molecule has 3 rings (SSSR count). The fourth-order valence-electron chi connectivity index (χ4n) is 2.83. The van der Waals surface area contributed by atoms with Crippen LogP contribution in [-0.2, 0) is 17.8 Å². The van der Waals surface area contributed by atoms with Gasteiger partial charge in [-0.2, -0.15) is 0 Å². The molecule has 2 heterocycles. The highest BCUT2D eigenvalue weighted by atomic mass is 16.2. The van der Waals surface area contributed by atoms with Crippen LogP contribution in [-0.4, -0.2) is 27.8 Å². The van der Waals surface area contributed by atoms with Crippen LogP contribution >= 0.6 is 0 Å². The van der Waals surface area contributed by atoms with Gasteiger partial charge in [0, 0.05) is 44.0 Å². The summed E-state index contributed by atoms with van der Waals surface area (Å²) in [6.07, 6.45) is 7.68. The lowest BCUT2D eigenvalue weighted by atomic mass is 10.1. The SMILES string of the molecule is CN(Cc1cccc2ncccc12)C(=O)CCCc1ccncc1. The third-order valence-corrected chi connectivity index (χ3v) is 4.17. The molecule has 4 nitrogen and oxygen atoms in total. The zero-order valence-corrected chi connectivity index (χ0v) is 13.9. The molecular formula is C20H21N3O. The molecule has 0 bridgehead atoms. The van der Waals surface area contributed by atoms with E-state index < -0.39 is 0 Å². The molecule has 0 radical (unpaired) electrons. The Hall–Kier alpha value is -2.75. The molecule has 0 N–H and O–H groups in total. The Labute approximate surface area is 142 Å². The Morgan fingerprint density at radius 3 is 2.71 bits per heavy atom. The standard InChI is InChI=1S/C20H21N3O/c1-23(20(24)9-2-5-16-10-13-21-14-11-16)15-17-6-3-8-19-18(17)7-4-12-22-19/h3-4,6-8,10-14H,2,5,9,15H2,1H3. The van der Waals surface area contributed by atoms with E-state index in [1.807, 2.05) is 37.4 Å². The Kier molecular flexibility index (Phi) is 5.16. The van der Waals surface area contributed by atoms with Gasteiger partial charge in [0.15, 0.2) is 0 Å². The van der Waals surface area contributed by atoms with Crippen LogP contribution in [0.5, 0.6) is 0 Å². The lowest BCUT2D eigenvalue weighted by Crippen LogP contribution is -2.26. The summed E-state index contributed by atoms with van der Waals surface area (Å²) in [5.41, 5.74) is 3.32. The molecule has 0 fully saturated rings. The van der Waals surface area contributed by atoms with Gasteiger partial charge in [-0.15, -0.1) is 0 Å². The molecule has 0 aliphatic heterocycles. The fourth-order valence-corrected chi connectivity index (χ4v) is 2.83. The molecular weight excluding hydrogens is 298 g/mol. The van der Waals surface area contributed by atoms with Crippen LogP contribution in [0.25, 0.3) is 10.9 Å². The number of hydrogen-bond acceptors (Lipinski definition) is 3. The summed E-state index contributed by atoms with van der Waals surface area (Å²) in [7, 11) is 1.87. The van der Waals surface area contributed by atoms with E-state index in [4.69, 9.17) is 0 Å². The minimum absolute atomic E-state index is 0.171. The monoisotopic (exact) mass is 319 g/mol. The van der Waals surface area contributed by atoms with E-state index >= 15 is 0 Å². The third-order valence-electron chi connectivity index (χ3n) is 4.17. The highest BCUT2D eigenvalue weighted by Crippen LogP contribution is 2.18. The molecule has 0 aliphatic rings. The molecule has 4 heteroatoms. The van der Waals surface area contributed by atoms with Gasteiger partial charge in [0.1, 0.15) is 0 Å². The van der Waals surface area contributed by atoms with Gasteiger partial charge < -0.3 is 4.90 Å². The molecule has 0 saturated heterocycles. The molecule has 2 aromatic heterocycles. The average molecular weight is 319 g/mol. The largest absolute Gasteiger partial charge is 0.341 e. The van der Waals surface area contributed by atoms with E-state index in [0.717, 1.165) is 29.3 Å². The molecule has 122 valence electrons. The van der Waals surface area contributed by atoms with Crippen molar-refractivity contribution in [3.8, 4) is 0 Å². The maximum absolute atomic E-state index is 12.4. The highest BCUT2D eigenvalue weighted by molar-refractivity contribution is 5.83. The van der Waals surface area contributed by atoms with Gasteiger partial charge in [-0.05, 0) is 48.2 Å². The van der Waals surface area contributed by atoms with E-state index in [2.05, 4.69) is 22.1 Å². The Balaban J connectivity index is 1.57. The summed E-state index contributed by atoms with van der Waals surface area (Å²) >= 11 is 0. The van der Waals surface area contributed by atoms with Crippen molar-refractivity contribution in [1.29, 1.82) is 0 Å². The fraction of sp³-hybridized carbons (Fsp3) is 0.250. The van der Waals surface area contributed by atoms with Crippen molar-refractivity contribution in [1.82, 2.24) is 14.9 Å². The second kappa shape index (κ2) is 7.68.